The monoisotopic (exact) mass is 396 g/mol. The number of fused-ring (bicyclic) bond motifs is 1. The Labute approximate surface area is 176 Å². The zero-order valence-corrected chi connectivity index (χ0v) is 17.6. The van der Waals surface area contributed by atoms with Crippen molar-refractivity contribution in [2.75, 3.05) is 0 Å². The van der Waals surface area contributed by atoms with Crippen molar-refractivity contribution in [3.8, 4) is 34.1 Å². The first-order valence-electron chi connectivity index (χ1n) is 10.1. The lowest BCUT2D eigenvalue weighted by molar-refractivity contribution is 0.242. The van der Waals surface area contributed by atoms with Gasteiger partial charge in [-0.2, -0.15) is 5.26 Å². The fourth-order valence-corrected chi connectivity index (χ4v) is 3.51. The Morgan fingerprint density at radius 3 is 2.03 bits per heavy atom. The van der Waals surface area contributed by atoms with Gasteiger partial charge in [-0.25, -0.2) is 4.68 Å². The average Bonchev–Trinajstić information content (AvgIpc) is 3.17. The fraction of sp³-hybridized carbons (Fsp3) is 0.240. The van der Waals surface area contributed by atoms with Crippen molar-refractivity contribution in [2.45, 2.75) is 39.8 Å². The Morgan fingerprint density at radius 2 is 1.43 bits per heavy atom. The van der Waals surface area contributed by atoms with Crippen LogP contribution < -0.4 is 4.74 Å². The van der Waals surface area contributed by atoms with E-state index in [1.165, 1.54) is 0 Å². The number of hydrogen-bond donors (Lipinski definition) is 0. The van der Waals surface area contributed by atoms with Crippen molar-refractivity contribution in [1.29, 1.82) is 5.26 Å². The molecule has 0 radical (unpaired) electrons. The zero-order valence-electron chi connectivity index (χ0n) is 17.6. The number of nitriles is 1. The molecule has 0 bridgehead atoms. The van der Waals surface area contributed by atoms with Crippen molar-refractivity contribution in [3.63, 3.8) is 0 Å². The van der Waals surface area contributed by atoms with Gasteiger partial charge in [-0.3, -0.25) is 0 Å². The summed E-state index contributed by atoms with van der Waals surface area (Å²) >= 11 is 0. The molecular weight excluding hydrogens is 372 g/mol. The third-order valence-electron chi connectivity index (χ3n) is 4.97. The maximum Gasteiger partial charge on any atom is 0.137 e. The minimum absolute atomic E-state index is 0.0294. The second-order valence-corrected chi connectivity index (χ2v) is 7.90. The maximum absolute atomic E-state index is 9.48. The van der Waals surface area contributed by atoms with Crippen molar-refractivity contribution < 1.29 is 4.74 Å². The third-order valence-corrected chi connectivity index (χ3v) is 4.97. The molecule has 5 nitrogen and oxygen atoms in total. The van der Waals surface area contributed by atoms with Crippen molar-refractivity contribution in [3.05, 3.63) is 66.2 Å². The molecule has 0 aliphatic heterocycles. The van der Waals surface area contributed by atoms with Gasteiger partial charge in [-0.15, -0.1) is 5.10 Å². The summed E-state index contributed by atoms with van der Waals surface area (Å²) in [5, 5.41) is 18.0. The minimum Gasteiger partial charge on any atom is -0.490 e. The Kier molecular flexibility index (Phi) is 5.24. The number of aromatic nitrogens is 3. The molecule has 5 heteroatoms. The van der Waals surface area contributed by atoms with E-state index in [-0.39, 0.29) is 12.1 Å². The Hall–Kier alpha value is -3.65. The smallest absolute Gasteiger partial charge is 0.137 e. The van der Waals surface area contributed by atoms with E-state index in [1.807, 2.05) is 36.7 Å². The molecular formula is C25H24N4O. The summed E-state index contributed by atoms with van der Waals surface area (Å²) in [6.07, 6.45) is 0.0294. The first-order valence-corrected chi connectivity index (χ1v) is 10.1. The van der Waals surface area contributed by atoms with Crippen LogP contribution in [0.15, 0.2) is 60.7 Å². The summed E-state index contributed by atoms with van der Waals surface area (Å²) in [4.78, 5) is 0. The predicted octanol–water partition coefficient (Wildman–Crippen LogP) is 6.01. The molecule has 150 valence electrons. The molecule has 30 heavy (non-hydrogen) atoms. The van der Waals surface area contributed by atoms with Crippen LogP contribution >= 0.6 is 0 Å². The average molecular weight is 396 g/mol. The number of hydrogen-bond acceptors (Lipinski definition) is 4. The topological polar surface area (TPSA) is 63.7 Å². The van der Waals surface area contributed by atoms with Crippen molar-refractivity contribution in [1.82, 2.24) is 15.0 Å². The highest BCUT2D eigenvalue weighted by atomic mass is 16.5. The van der Waals surface area contributed by atoms with Gasteiger partial charge < -0.3 is 4.74 Å². The lowest BCUT2D eigenvalue weighted by Crippen LogP contribution is -2.06. The normalized spacial score (nSPS) is 11.2. The number of benzene rings is 3. The molecule has 0 aliphatic carbocycles. The zero-order chi connectivity index (χ0) is 21.3. The summed E-state index contributed by atoms with van der Waals surface area (Å²) in [5.41, 5.74) is 6.73. The molecule has 4 aromatic rings. The van der Waals surface area contributed by atoms with Gasteiger partial charge in [0.1, 0.15) is 17.3 Å². The van der Waals surface area contributed by atoms with Crippen LogP contribution in [0.3, 0.4) is 0 Å². The number of ether oxygens (including phenoxy) is 1. The molecule has 0 N–H and O–H groups in total. The van der Waals surface area contributed by atoms with Crippen LogP contribution in [0.1, 0.15) is 39.3 Å². The Morgan fingerprint density at radius 1 is 0.833 bits per heavy atom. The van der Waals surface area contributed by atoms with Gasteiger partial charge in [0.05, 0.1) is 17.2 Å². The molecule has 0 atom stereocenters. The van der Waals surface area contributed by atoms with E-state index in [0.29, 0.717) is 11.3 Å². The van der Waals surface area contributed by atoms with Crippen LogP contribution in [-0.2, 0) is 0 Å². The van der Waals surface area contributed by atoms with Gasteiger partial charge in [-0.05, 0) is 74.2 Å². The highest BCUT2D eigenvalue weighted by Crippen LogP contribution is 2.30. The lowest BCUT2D eigenvalue weighted by Gasteiger charge is -2.12. The second-order valence-electron chi connectivity index (χ2n) is 7.90. The second kappa shape index (κ2) is 8.00. The quantitative estimate of drug-likeness (QED) is 0.415. The van der Waals surface area contributed by atoms with E-state index in [2.05, 4.69) is 72.7 Å². The van der Waals surface area contributed by atoms with E-state index < -0.39 is 0 Å². The molecule has 0 unspecified atom stereocenters. The van der Waals surface area contributed by atoms with Crippen LogP contribution in [0, 0.1) is 11.3 Å². The fourth-order valence-electron chi connectivity index (χ4n) is 3.51. The number of nitrogens with zero attached hydrogens (tertiary/aromatic N) is 4. The molecule has 0 saturated carbocycles. The molecule has 1 aromatic heterocycles. The summed E-state index contributed by atoms with van der Waals surface area (Å²) in [5.74, 6) is 0.621. The molecule has 0 aliphatic rings. The summed E-state index contributed by atoms with van der Waals surface area (Å²) < 4.78 is 7.65. The van der Waals surface area contributed by atoms with Crippen molar-refractivity contribution in [2.24, 2.45) is 0 Å². The Bertz CT molecular complexity index is 1230. The standard InChI is InChI=1S/C25H24N4O/c1-16(2)29-24-11-9-21(14-23(24)27-28-29)19-7-5-18(6-8-19)20-10-12-25(30-17(3)4)22(13-20)15-26/h5-14,16-17H,1-4H3. The van der Waals surface area contributed by atoms with Crippen LogP contribution in [-0.4, -0.2) is 21.1 Å². The highest BCUT2D eigenvalue weighted by molar-refractivity contribution is 5.82. The van der Waals surface area contributed by atoms with E-state index in [4.69, 9.17) is 4.74 Å². The Balaban J connectivity index is 1.63. The predicted molar refractivity (Wildman–Crippen MR) is 119 cm³/mol. The van der Waals surface area contributed by atoms with Gasteiger partial charge in [0.2, 0.25) is 0 Å². The highest BCUT2D eigenvalue weighted by Gasteiger charge is 2.10. The minimum atomic E-state index is 0.0294. The van der Waals surface area contributed by atoms with E-state index in [1.54, 1.807) is 0 Å². The van der Waals surface area contributed by atoms with E-state index in [9.17, 15) is 5.26 Å². The van der Waals surface area contributed by atoms with Gasteiger partial charge in [0, 0.05) is 6.04 Å². The summed E-state index contributed by atoms with van der Waals surface area (Å²) in [6, 6.07) is 22.8. The maximum atomic E-state index is 9.48. The third kappa shape index (κ3) is 3.77. The van der Waals surface area contributed by atoms with E-state index in [0.717, 1.165) is 33.3 Å². The van der Waals surface area contributed by atoms with Gasteiger partial charge in [0.25, 0.3) is 0 Å². The van der Waals surface area contributed by atoms with Crippen LogP contribution in [0.25, 0.3) is 33.3 Å². The van der Waals surface area contributed by atoms with Crippen LogP contribution in [0.4, 0.5) is 0 Å². The first kappa shape index (κ1) is 19.7. The number of rotatable bonds is 5. The molecule has 0 spiro atoms. The largest absolute Gasteiger partial charge is 0.490 e. The summed E-state index contributed by atoms with van der Waals surface area (Å²) in [6.45, 7) is 8.10. The van der Waals surface area contributed by atoms with Gasteiger partial charge >= 0.3 is 0 Å². The summed E-state index contributed by atoms with van der Waals surface area (Å²) in [7, 11) is 0. The molecule has 0 saturated heterocycles. The van der Waals surface area contributed by atoms with Crippen molar-refractivity contribution >= 4 is 11.0 Å². The van der Waals surface area contributed by atoms with Gasteiger partial charge in [0.15, 0.2) is 0 Å². The first-order chi connectivity index (χ1) is 14.5. The van der Waals surface area contributed by atoms with E-state index >= 15 is 0 Å². The lowest BCUT2D eigenvalue weighted by atomic mass is 9.99. The molecule has 0 fully saturated rings. The van der Waals surface area contributed by atoms with Crippen LogP contribution in [0.5, 0.6) is 5.75 Å². The molecule has 0 amide bonds. The molecule has 1 heterocycles. The van der Waals surface area contributed by atoms with Gasteiger partial charge in [-0.1, -0.05) is 41.6 Å². The molecule has 4 rings (SSSR count). The molecule has 3 aromatic carbocycles. The van der Waals surface area contributed by atoms with Crippen LogP contribution in [0.2, 0.25) is 0 Å². The SMILES string of the molecule is CC(C)Oc1ccc(-c2ccc(-c3ccc4c(c3)nnn4C(C)C)cc2)cc1C#N.